The molecule has 1 fully saturated rings. The summed E-state index contributed by atoms with van der Waals surface area (Å²) in [5.74, 6) is 1.02. The Hall–Kier alpha value is -0.470. The molecule has 0 saturated carbocycles. The van der Waals surface area contributed by atoms with E-state index in [-0.39, 0.29) is 0 Å². The van der Waals surface area contributed by atoms with E-state index in [1.165, 1.54) is 44.2 Å². The number of benzene rings is 1. The van der Waals surface area contributed by atoms with Gasteiger partial charge in [-0.25, -0.2) is 0 Å². The summed E-state index contributed by atoms with van der Waals surface area (Å²) in [5, 5.41) is 0. The van der Waals surface area contributed by atoms with Crippen LogP contribution >= 0.6 is 12.6 Å². The molecular weight excluding hydrogens is 226 g/mol. The SMILES string of the molecule is SCCC[C@H]1CCCCN1Cc1ccccc1. The van der Waals surface area contributed by atoms with Crippen LogP contribution in [0.5, 0.6) is 0 Å². The van der Waals surface area contributed by atoms with Crippen LogP contribution in [0.3, 0.4) is 0 Å². The molecule has 1 nitrogen and oxygen atoms in total. The van der Waals surface area contributed by atoms with Crippen LogP contribution in [0.1, 0.15) is 37.7 Å². The molecule has 1 aromatic carbocycles. The minimum atomic E-state index is 0.788. The molecule has 0 radical (unpaired) electrons. The summed E-state index contributed by atoms with van der Waals surface area (Å²) in [5.41, 5.74) is 1.45. The first-order valence-corrected chi connectivity index (χ1v) is 7.42. The molecule has 0 aromatic heterocycles. The van der Waals surface area contributed by atoms with Crippen molar-refractivity contribution in [2.75, 3.05) is 12.3 Å². The minimum Gasteiger partial charge on any atom is -0.296 e. The molecule has 94 valence electrons. The Kier molecular flexibility index (Phi) is 5.40. The summed E-state index contributed by atoms with van der Waals surface area (Å²) >= 11 is 4.33. The molecule has 0 bridgehead atoms. The van der Waals surface area contributed by atoms with Crippen LogP contribution in [-0.4, -0.2) is 23.2 Å². The van der Waals surface area contributed by atoms with E-state index < -0.39 is 0 Å². The normalized spacial score (nSPS) is 21.6. The van der Waals surface area contributed by atoms with Gasteiger partial charge in [0.1, 0.15) is 0 Å². The lowest BCUT2D eigenvalue weighted by Gasteiger charge is -2.35. The Labute approximate surface area is 111 Å². The second-order valence-corrected chi connectivity index (χ2v) is 5.42. The molecule has 0 N–H and O–H groups in total. The topological polar surface area (TPSA) is 3.24 Å². The van der Waals surface area contributed by atoms with E-state index in [0.29, 0.717) is 0 Å². The third-order valence-corrected chi connectivity index (χ3v) is 3.99. The van der Waals surface area contributed by atoms with Crippen molar-refractivity contribution in [2.24, 2.45) is 0 Å². The molecule has 2 heteroatoms. The van der Waals surface area contributed by atoms with Crippen molar-refractivity contribution in [3.05, 3.63) is 35.9 Å². The zero-order valence-corrected chi connectivity index (χ0v) is 11.4. The Morgan fingerprint density at radius 3 is 2.76 bits per heavy atom. The Balaban J connectivity index is 1.92. The first-order valence-electron chi connectivity index (χ1n) is 6.79. The molecule has 2 rings (SSSR count). The largest absolute Gasteiger partial charge is 0.296 e. The summed E-state index contributed by atoms with van der Waals surface area (Å²) in [6, 6.07) is 11.6. The van der Waals surface area contributed by atoms with Gasteiger partial charge in [-0.1, -0.05) is 36.8 Å². The lowest BCUT2D eigenvalue weighted by Crippen LogP contribution is -2.38. The van der Waals surface area contributed by atoms with Gasteiger partial charge < -0.3 is 0 Å². The Morgan fingerprint density at radius 2 is 2.00 bits per heavy atom. The molecule has 1 aliphatic rings. The average molecular weight is 249 g/mol. The van der Waals surface area contributed by atoms with Crippen molar-refractivity contribution in [1.82, 2.24) is 4.90 Å². The molecule has 1 heterocycles. The number of hydrogen-bond acceptors (Lipinski definition) is 2. The zero-order valence-electron chi connectivity index (χ0n) is 10.5. The highest BCUT2D eigenvalue weighted by atomic mass is 32.1. The van der Waals surface area contributed by atoms with Crippen LogP contribution in [0.15, 0.2) is 30.3 Å². The van der Waals surface area contributed by atoms with Crippen molar-refractivity contribution < 1.29 is 0 Å². The zero-order chi connectivity index (χ0) is 11.9. The molecule has 0 spiro atoms. The number of rotatable bonds is 5. The molecule has 1 aromatic rings. The Morgan fingerprint density at radius 1 is 1.18 bits per heavy atom. The summed E-state index contributed by atoms with van der Waals surface area (Å²) < 4.78 is 0. The number of piperidine rings is 1. The third-order valence-electron chi connectivity index (χ3n) is 3.67. The predicted octanol–water partition coefficient (Wildman–Crippen LogP) is 3.75. The van der Waals surface area contributed by atoms with Crippen LogP contribution in [-0.2, 0) is 6.54 Å². The predicted molar refractivity (Wildman–Crippen MR) is 77.6 cm³/mol. The molecule has 1 atom stereocenters. The van der Waals surface area contributed by atoms with Crippen molar-refractivity contribution in [2.45, 2.75) is 44.7 Å². The minimum absolute atomic E-state index is 0.788. The molecule has 0 amide bonds. The maximum Gasteiger partial charge on any atom is 0.0236 e. The van der Waals surface area contributed by atoms with Crippen LogP contribution in [0.25, 0.3) is 0 Å². The van der Waals surface area contributed by atoms with Gasteiger partial charge in [0.15, 0.2) is 0 Å². The van der Waals surface area contributed by atoms with E-state index in [9.17, 15) is 0 Å². The lowest BCUT2D eigenvalue weighted by atomic mass is 9.97. The van der Waals surface area contributed by atoms with Gasteiger partial charge in [-0.15, -0.1) is 0 Å². The van der Waals surface area contributed by atoms with Crippen LogP contribution in [0, 0.1) is 0 Å². The van der Waals surface area contributed by atoms with E-state index in [0.717, 1.165) is 18.3 Å². The van der Waals surface area contributed by atoms with Crippen molar-refractivity contribution in [1.29, 1.82) is 0 Å². The van der Waals surface area contributed by atoms with E-state index in [4.69, 9.17) is 0 Å². The molecule has 17 heavy (non-hydrogen) atoms. The second kappa shape index (κ2) is 7.07. The maximum atomic E-state index is 4.33. The van der Waals surface area contributed by atoms with Crippen LogP contribution < -0.4 is 0 Å². The summed E-state index contributed by atoms with van der Waals surface area (Å²) in [7, 11) is 0. The molecule has 1 aliphatic heterocycles. The standard InChI is InChI=1S/C15H23NS/c17-12-6-10-15-9-4-5-11-16(15)13-14-7-2-1-3-8-14/h1-3,7-8,15,17H,4-6,9-13H2/t15-/m1/s1. The fourth-order valence-electron chi connectivity index (χ4n) is 2.74. The van der Waals surface area contributed by atoms with E-state index in [2.05, 4.69) is 47.9 Å². The van der Waals surface area contributed by atoms with Crippen molar-refractivity contribution in [3.63, 3.8) is 0 Å². The second-order valence-electron chi connectivity index (χ2n) is 4.97. The molecule has 0 aliphatic carbocycles. The van der Waals surface area contributed by atoms with Gasteiger partial charge in [-0.2, -0.15) is 12.6 Å². The van der Waals surface area contributed by atoms with E-state index in [1.54, 1.807) is 0 Å². The fraction of sp³-hybridized carbons (Fsp3) is 0.600. The monoisotopic (exact) mass is 249 g/mol. The van der Waals surface area contributed by atoms with Gasteiger partial charge in [0.2, 0.25) is 0 Å². The van der Waals surface area contributed by atoms with E-state index in [1.807, 2.05) is 0 Å². The molecule has 1 saturated heterocycles. The van der Waals surface area contributed by atoms with Gasteiger partial charge in [0.05, 0.1) is 0 Å². The number of nitrogens with zero attached hydrogens (tertiary/aromatic N) is 1. The summed E-state index contributed by atoms with van der Waals surface area (Å²) in [6.07, 6.45) is 6.71. The quantitative estimate of drug-likeness (QED) is 0.778. The lowest BCUT2D eigenvalue weighted by molar-refractivity contribution is 0.132. The van der Waals surface area contributed by atoms with Gasteiger partial charge in [-0.05, 0) is 43.5 Å². The summed E-state index contributed by atoms with van der Waals surface area (Å²) in [6.45, 7) is 2.39. The van der Waals surface area contributed by atoms with Crippen molar-refractivity contribution >= 4 is 12.6 Å². The van der Waals surface area contributed by atoms with Gasteiger partial charge in [0, 0.05) is 12.6 Å². The van der Waals surface area contributed by atoms with Crippen LogP contribution in [0.2, 0.25) is 0 Å². The maximum absolute atomic E-state index is 4.33. The molecule has 0 unspecified atom stereocenters. The van der Waals surface area contributed by atoms with E-state index >= 15 is 0 Å². The highest BCUT2D eigenvalue weighted by Gasteiger charge is 2.21. The molecular formula is C15H23NS. The average Bonchev–Trinajstić information content (AvgIpc) is 2.39. The Bertz CT molecular complexity index is 312. The first kappa shape index (κ1) is 13.0. The smallest absolute Gasteiger partial charge is 0.0236 e. The number of thiol groups is 1. The van der Waals surface area contributed by atoms with Gasteiger partial charge in [-0.3, -0.25) is 4.90 Å². The highest BCUT2D eigenvalue weighted by Crippen LogP contribution is 2.23. The van der Waals surface area contributed by atoms with Gasteiger partial charge in [0.25, 0.3) is 0 Å². The van der Waals surface area contributed by atoms with Crippen molar-refractivity contribution in [3.8, 4) is 0 Å². The number of hydrogen-bond donors (Lipinski definition) is 1. The summed E-state index contributed by atoms with van der Waals surface area (Å²) in [4.78, 5) is 2.67. The van der Waals surface area contributed by atoms with Crippen LogP contribution in [0.4, 0.5) is 0 Å². The first-order chi connectivity index (χ1) is 8.40. The third kappa shape index (κ3) is 4.04. The van der Waals surface area contributed by atoms with Gasteiger partial charge >= 0.3 is 0 Å². The fourth-order valence-corrected chi connectivity index (χ4v) is 2.92. The highest BCUT2D eigenvalue weighted by molar-refractivity contribution is 7.80. The number of likely N-dealkylation sites (tertiary alicyclic amines) is 1.